The fraction of sp³-hybridized carbons (Fsp3) is 0.0455. The largest absolute Gasteiger partial charge is 0.493 e. The summed E-state index contributed by atoms with van der Waals surface area (Å²) in [4.78, 5) is 16.6. The third kappa shape index (κ3) is 4.37. The number of carbonyl (C=O) groups is 1. The summed E-state index contributed by atoms with van der Waals surface area (Å²) in [5.74, 6) is 0.0202. The summed E-state index contributed by atoms with van der Waals surface area (Å²) in [6.45, 7) is 0. The van der Waals surface area contributed by atoms with Crippen LogP contribution in [0.3, 0.4) is 0 Å². The quantitative estimate of drug-likeness (QED) is 0.347. The minimum Gasteiger partial charge on any atom is -0.493 e. The van der Waals surface area contributed by atoms with E-state index in [1.54, 1.807) is 66.9 Å². The Bertz CT molecular complexity index is 1070. The van der Waals surface area contributed by atoms with Gasteiger partial charge in [0.25, 0.3) is 0 Å². The SMILES string of the molecule is COc1cc(/C=C(\C#N)c2ccccn2)ccc1OC(=O)c1ccccc1Cl. The highest BCUT2D eigenvalue weighted by molar-refractivity contribution is 6.33. The predicted octanol–water partition coefficient (Wildman–Crippen LogP) is 5.03. The molecule has 3 aromatic rings. The average molecular weight is 391 g/mol. The fourth-order valence-corrected chi connectivity index (χ4v) is 2.70. The molecule has 0 aliphatic rings. The molecule has 0 spiro atoms. The number of pyridine rings is 1. The van der Waals surface area contributed by atoms with Gasteiger partial charge in [0.15, 0.2) is 11.5 Å². The molecule has 0 bridgehead atoms. The van der Waals surface area contributed by atoms with Crippen LogP contribution in [0.2, 0.25) is 5.02 Å². The van der Waals surface area contributed by atoms with Crippen molar-refractivity contribution in [2.45, 2.75) is 0 Å². The van der Waals surface area contributed by atoms with Crippen LogP contribution in [-0.4, -0.2) is 18.1 Å². The van der Waals surface area contributed by atoms with Gasteiger partial charge >= 0.3 is 5.97 Å². The first-order valence-electron chi connectivity index (χ1n) is 8.30. The Labute approximate surface area is 167 Å². The van der Waals surface area contributed by atoms with E-state index in [0.717, 1.165) is 0 Å². The molecule has 1 heterocycles. The van der Waals surface area contributed by atoms with Gasteiger partial charge in [-0.15, -0.1) is 0 Å². The number of benzene rings is 2. The molecule has 0 fully saturated rings. The van der Waals surface area contributed by atoms with Crippen molar-refractivity contribution >= 4 is 29.2 Å². The van der Waals surface area contributed by atoms with Gasteiger partial charge in [0.05, 0.1) is 29.0 Å². The summed E-state index contributed by atoms with van der Waals surface area (Å²) in [6, 6.07) is 19.1. The molecule has 0 radical (unpaired) electrons. The first-order chi connectivity index (χ1) is 13.6. The Morgan fingerprint density at radius 1 is 1.11 bits per heavy atom. The van der Waals surface area contributed by atoms with E-state index < -0.39 is 5.97 Å². The van der Waals surface area contributed by atoms with E-state index in [1.165, 1.54) is 7.11 Å². The minimum absolute atomic E-state index is 0.251. The smallest absolute Gasteiger partial charge is 0.345 e. The van der Waals surface area contributed by atoms with Crippen molar-refractivity contribution in [3.8, 4) is 17.6 Å². The van der Waals surface area contributed by atoms with Crippen molar-refractivity contribution < 1.29 is 14.3 Å². The number of esters is 1. The number of rotatable bonds is 5. The summed E-state index contributed by atoms with van der Waals surface area (Å²) in [6.07, 6.45) is 3.31. The van der Waals surface area contributed by atoms with E-state index in [0.29, 0.717) is 27.6 Å². The van der Waals surface area contributed by atoms with Gasteiger partial charge in [0.1, 0.15) is 6.07 Å². The number of hydrogen-bond acceptors (Lipinski definition) is 5. The highest BCUT2D eigenvalue weighted by Gasteiger charge is 2.15. The summed E-state index contributed by atoms with van der Waals surface area (Å²) in [7, 11) is 1.47. The van der Waals surface area contributed by atoms with Crippen LogP contribution < -0.4 is 9.47 Å². The van der Waals surface area contributed by atoms with Gasteiger partial charge in [0, 0.05) is 6.20 Å². The zero-order chi connectivity index (χ0) is 19.9. The van der Waals surface area contributed by atoms with Gasteiger partial charge in [-0.3, -0.25) is 4.98 Å². The first kappa shape index (κ1) is 19.2. The Balaban J connectivity index is 1.89. The van der Waals surface area contributed by atoms with Crippen LogP contribution in [-0.2, 0) is 0 Å². The average Bonchev–Trinajstić information content (AvgIpc) is 2.73. The van der Waals surface area contributed by atoms with Gasteiger partial charge in [-0.1, -0.05) is 35.9 Å². The molecule has 0 N–H and O–H groups in total. The van der Waals surface area contributed by atoms with E-state index >= 15 is 0 Å². The number of hydrogen-bond donors (Lipinski definition) is 0. The van der Waals surface area contributed by atoms with Crippen molar-refractivity contribution in [1.82, 2.24) is 4.98 Å². The highest BCUT2D eigenvalue weighted by Crippen LogP contribution is 2.31. The topological polar surface area (TPSA) is 72.2 Å². The summed E-state index contributed by atoms with van der Waals surface area (Å²) in [5, 5.41) is 9.73. The van der Waals surface area contributed by atoms with Crippen molar-refractivity contribution in [3.63, 3.8) is 0 Å². The van der Waals surface area contributed by atoms with E-state index in [4.69, 9.17) is 21.1 Å². The van der Waals surface area contributed by atoms with Gasteiger partial charge in [-0.25, -0.2) is 4.79 Å². The molecule has 0 unspecified atom stereocenters. The molecule has 3 rings (SSSR count). The molecule has 5 nitrogen and oxygen atoms in total. The molecule has 0 aliphatic carbocycles. The third-order valence-corrected chi connectivity index (χ3v) is 4.19. The van der Waals surface area contributed by atoms with E-state index in [2.05, 4.69) is 11.1 Å². The summed E-state index contributed by atoms with van der Waals surface area (Å²) in [5.41, 5.74) is 1.94. The van der Waals surface area contributed by atoms with Crippen LogP contribution in [0.5, 0.6) is 11.5 Å². The number of ether oxygens (including phenoxy) is 2. The van der Waals surface area contributed by atoms with Crippen molar-refractivity contribution in [2.24, 2.45) is 0 Å². The number of carbonyl (C=O) groups excluding carboxylic acids is 1. The lowest BCUT2D eigenvalue weighted by Crippen LogP contribution is -2.09. The third-order valence-electron chi connectivity index (χ3n) is 3.86. The second kappa shape index (κ2) is 8.85. The molecule has 2 aromatic carbocycles. The zero-order valence-electron chi connectivity index (χ0n) is 14.9. The number of aromatic nitrogens is 1. The molecule has 0 aliphatic heterocycles. The number of methoxy groups -OCH3 is 1. The second-order valence-corrected chi connectivity index (χ2v) is 6.07. The molecule has 0 atom stereocenters. The number of halogens is 1. The normalized spacial score (nSPS) is 10.8. The van der Waals surface area contributed by atoms with Gasteiger partial charge in [0.2, 0.25) is 0 Å². The van der Waals surface area contributed by atoms with Crippen LogP contribution >= 0.6 is 11.6 Å². The van der Waals surface area contributed by atoms with Crippen LogP contribution in [0.1, 0.15) is 21.6 Å². The van der Waals surface area contributed by atoms with E-state index in [1.807, 2.05) is 6.07 Å². The molecular formula is C22H15ClN2O3. The number of nitrogens with zero attached hydrogens (tertiary/aromatic N) is 2. The standard InChI is InChI=1S/C22H15ClN2O3/c1-27-21-13-15(12-16(14-24)19-8-4-5-11-25-19)9-10-20(21)28-22(26)17-6-2-3-7-18(17)23/h2-13H,1H3/b16-12+. The van der Waals surface area contributed by atoms with Crippen molar-refractivity contribution in [2.75, 3.05) is 7.11 Å². The minimum atomic E-state index is -0.585. The predicted molar refractivity (Wildman–Crippen MR) is 107 cm³/mol. The van der Waals surface area contributed by atoms with Crippen molar-refractivity contribution in [3.05, 3.63) is 88.7 Å². The maximum absolute atomic E-state index is 12.4. The Hall–Kier alpha value is -3.62. The molecule has 6 heteroatoms. The maximum atomic E-state index is 12.4. The highest BCUT2D eigenvalue weighted by atomic mass is 35.5. The molecular weight excluding hydrogens is 376 g/mol. The van der Waals surface area contributed by atoms with Gasteiger partial charge in [-0.05, 0) is 48.0 Å². The van der Waals surface area contributed by atoms with Crippen molar-refractivity contribution in [1.29, 1.82) is 5.26 Å². The molecule has 0 saturated carbocycles. The lowest BCUT2D eigenvalue weighted by atomic mass is 10.1. The zero-order valence-corrected chi connectivity index (χ0v) is 15.7. The molecule has 0 amide bonds. The number of nitriles is 1. The summed E-state index contributed by atoms with van der Waals surface area (Å²) >= 11 is 6.04. The fourth-order valence-electron chi connectivity index (χ4n) is 2.49. The molecule has 1 aromatic heterocycles. The second-order valence-electron chi connectivity index (χ2n) is 5.66. The molecule has 138 valence electrons. The van der Waals surface area contributed by atoms with Gasteiger partial charge < -0.3 is 9.47 Å². The molecule has 0 saturated heterocycles. The van der Waals surface area contributed by atoms with Crippen LogP contribution in [0.4, 0.5) is 0 Å². The Morgan fingerprint density at radius 2 is 1.89 bits per heavy atom. The van der Waals surface area contributed by atoms with Crippen LogP contribution in [0, 0.1) is 11.3 Å². The Morgan fingerprint density at radius 3 is 2.57 bits per heavy atom. The van der Waals surface area contributed by atoms with E-state index in [-0.39, 0.29) is 11.3 Å². The van der Waals surface area contributed by atoms with Gasteiger partial charge in [-0.2, -0.15) is 5.26 Å². The first-order valence-corrected chi connectivity index (χ1v) is 8.68. The maximum Gasteiger partial charge on any atom is 0.345 e. The molecule has 28 heavy (non-hydrogen) atoms. The van der Waals surface area contributed by atoms with Crippen LogP contribution in [0.25, 0.3) is 11.6 Å². The number of allylic oxidation sites excluding steroid dienone is 1. The monoisotopic (exact) mass is 390 g/mol. The van der Waals surface area contributed by atoms with E-state index in [9.17, 15) is 10.1 Å². The Kier molecular flexibility index (Phi) is 6.05. The summed E-state index contributed by atoms with van der Waals surface area (Å²) < 4.78 is 10.8. The van der Waals surface area contributed by atoms with Crippen LogP contribution in [0.15, 0.2) is 66.9 Å². The lowest BCUT2D eigenvalue weighted by molar-refractivity contribution is 0.0730. The lowest BCUT2D eigenvalue weighted by Gasteiger charge is -2.11.